The third-order valence-electron chi connectivity index (χ3n) is 3.88. The van der Waals surface area contributed by atoms with Gasteiger partial charge in [-0.05, 0) is 12.8 Å². The van der Waals surface area contributed by atoms with E-state index >= 15 is 0 Å². The molecule has 120 valence electrons. The molecule has 1 fully saturated rings. The van der Waals surface area contributed by atoms with Crippen molar-refractivity contribution in [1.82, 2.24) is 24.1 Å². The van der Waals surface area contributed by atoms with Crippen molar-refractivity contribution in [3.05, 3.63) is 6.20 Å². The highest BCUT2D eigenvalue weighted by atomic mass is 32.2. The van der Waals surface area contributed by atoms with Crippen LogP contribution in [0.4, 0.5) is 11.8 Å². The van der Waals surface area contributed by atoms with Crippen LogP contribution in [0, 0.1) is 0 Å². The summed E-state index contributed by atoms with van der Waals surface area (Å²) in [5.41, 5.74) is 6.59. The lowest BCUT2D eigenvalue weighted by Gasteiger charge is -2.30. The fourth-order valence-electron chi connectivity index (χ4n) is 2.62. The molecule has 1 aliphatic heterocycles. The van der Waals surface area contributed by atoms with E-state index in [1.807, 2.05) is 0 Å². The van der Waals surface area contributed by atoms with Gasteiger partial charge in [0.2, 0.25) is 16.0 Å². The molecule has 10 heteroatoms. The van der Waals surface area contributed by atoms with Crippen LogP contribution < -0.4 is 11.1 Å². The summed E-state index contributed by atoms with van der Waals surface area (Å²) < 4.78 is 26.1. The molecule has 0 aliphatic carbocycles. The first kappa shape index (κ1) is 15.0. The van der Waals surface area contributed by atoms with Crippen LogP contribution in [0.15, 0.2) is 6.20 Å². The van der Waals surface area contributed by atoms with Crippen LogP contribution in [-0.2, 0) is 17.1 Å². The SMILES string of the molecule is Cn1ncc2c(N)nc(NC3CCN(S(C)(=O)=O)CC3)nc21. The molecule has 3 rings (SSSR count). The van der Waals surface area contributed by atoms with Gasteiger partial charge in [0.25, 0.3) is 0 Å². The zero-order valence-corrected chi connectivity index (χ0v) is 13.3. The summed E-state index contributed by atoms with van der Waals surface area (Å²) in [6.07, 6.45) is 4.29. The number of nitrogen functional groups attached to an aromatic ring is 1. The molecule has 0 unspecified atom stereocenters. The van der Waals surface area contributed by atoms with Crippen molar-refractivity contribution in [2.45, 2.75) is 18.9 Å². The van der Waals surface area contributed by atoms with Crippen molar-refractivity contribution in [3.8, 4) is 0 Å². The van der Waals surface area contributed by atoms with Crippen molar-refractivity contribution in [1.29, 1.82) is 0 Å². The van der Waals surface area contributed by atoms with Gasteiger partial charge in [-0.2, -0.15) is 15.1 Å². The second-order valence-electron chi connectivity index (χ2n) is 5.52. The number of nitrogens with one attached hydrogen (secondary N) is 1. The molecule has 0 atom stereocenters. The van der Waals surface area contributed by atoms with E-state index in [1.54, 1.807) is 17.9 Å². The lowest BCUT2D eigenvalue weighted by atomic mass is 10.1. The number of anilines is 2. The number of aromatic nitrogens is 4. The molecule has 22 heavy (non-hydrogen) atoms. The fraction of sp³-hybridized carbons (Fsp3) is 0.583. The van der Waals surface area contributed by atoms with Crippen LogP contribution in [-0.4, -0.2) is 57.9 Å². The normalized spacial score (nSPS) is 17.9. The molecular weight excluding hydrogens is 306 g/mol. The predicted molar refractivity (Wildman–Crippen MR) is 83.8 cm³/mol. The molecule has 0 spiro atoms. The van der Waals surface area contributed by atoms with Gasteiger partial charge in [0.05, 0.1) is 17.8 Å². The highest BCUT2D eigenvalue weighted by Crippen LogP contribution is 2.21. The van der Waals surface area contributed by atoms with Crippen LogP contribution in [0.1, 0.15) is 12.8 Å². The van der Waals surface area contributed by atoms with Gasteiger partial charge in [0.1, 0.15) is 5.82 Å². The summed E-state index contributed by atoms with van der Waals surface area (Å²) in [7, 11) is -1.32. The smallest absolute Gasteiger partial charge is 0.226 e. The number of rotatable bonds is 3. The largest absolute Gasteiger partial charge is 0.383 e. The number of hydrogen-bond donors (Lipinski definition) is 2. The van der Waals surface area contributed by atoms with E-state index in [9.17, 15) is 8.42 Å². The van der Waals surface area contributed by atoms with E-state index in [0.717, 1.165) is 5.39 Å². The monoisotopic (exact) mass is 325 g/mol. The number of piperidine rings is 1. The lowest BCUT2D eigenvalue weighted by molar-refractivity contribution is 0.331. The average molecular weight is 325 g/mol. The molecule has 1 saturated heterocycles. The summed E-state index contributed by atoms with van der Waals surface area (Å²) >= 11 is 0. The average Bonchev–Trinajstić information content (AvgIpc) is 2.81. The van der Waals surface area contributed by atoms with Gasteiger partial charge in [0.15, 0.2) is 5.65 Å². The molecule has 2 aromatic heterocycles. The Morgan fingerprint density at radius 3 is 2.64 bits per heavy atom. The highest BCUT2D eigenvalue weighted by Gasteiger charge is 2.25. The Labute approximate surface area is 128 Å². The quantitative estimate of drug-likeness (QED) is 0.800. The van der Waals surface area contributed by atoms with E-state index < -0.39 is 10.0 Å². The lowest BCUT2D eigenvalue weighted by Crippen LogP contribution is -2.42. The number of nitrogens with zero attached hydrogens (tertiary/aromatic N) is 5. The van der Waals surface area contributed by atoms with Crippen LogP contribution in [0.3, 0.4) is 0 Å². The Morgan fingerprint density at radius 2 is 2.00 bits per heavy atom. The first-order chi connectivity index (χ1) is 10.3. The maximum absolute atomic E-state index is 11.5. The van der Waals surface area contributed by atoms with Crippen molar-refractivity contribution in [2.24, 2.45) is 7.05 Å². The minimum absolute atomic E-state index is 0.128. The van der Waals surface area contributed by atoms with E-state index in [2.05, 4.69) is 20.4 Å². The van der Waals surface area contributed by atoms with Crippen molar-refractivity contribution >= 4 is 32.8 Å². The summed E-state index contributed by atoms with van der Waals surface area (Å²) in [6.45, 7) is 1.000. The molecule has 3 heterocycles. The van der Waals surface area contributed by atoms with E-state index in [-0.39, 0.29) is 6.04 Å². The van der Waals surface area contributed by atoms with Gasteiger partial charge in [0, 0.05) is 26.2 Å². The number of hydrogen-bond acceptors (Lipinski definition) is 7. The summed E-state index contributed by atoms with van der Waals surface area (Å²) in [4.78, 5) is 8.67. The molecule has 3 N–H and O–H groups in total. The third-order valence-corrected chi connectivity index (χ3v) is 5.18. The second kappa shape index (κ2) is 5.36. The third kappa shape index (κ3) is 2.83. The van der Waals surface area contributed by atoms with Crippen molar-refractivity contribution in [3.63, 3.8) is 0 Å². The number of fused-ring (bicyclic) bond motifs is 1. The zero-order valence-electron chi connectivity index (χ0n) is 12.5. The summed E-state index contributed by atoms with van der Waals surface area (Å²) in [5, 5.41) is 8.07. The van der Waals surface area contributed by atoms with Gasteiger partial charge >= 0.3 is 0 Å². The Bertz CT molecular complexity index is 793. The summed E-state index contributed by atoms with van der Waals surface area (Å²) in [5.74, 6) is 0.834. The number of sulfonamides is 1. The van der Waals surface area contributed by atoms with E-state index in [1.165, 1.54) is 10.6 Å². The molecular formula is C12H19N7O2S. The first-order valence-corrected chi connectivity index (χ1v) is 8.86. The van der Waals surface area contributed by atoms with Gasteiger partial charge in [-0.15, -0.1) is 0 Å². The molecule has 0 bridgehead atoms. The molecule has 0 saturated carbocycles. The van der Waals surface area contributed by atoms with E-state index in [0.29, 0.717) is 43.3 Å². The van der Waals surface area contributed by atoms with Crippen molar-refractivity contribution < 1.29 is 8.42 Å². The standard InChI is InChI=1S/C12H19N7O2S/c1-18-11-9(7-14-18)10(13)16-12(17-11)15-8-3-5-19(6-4-8)22(2,20)21/h7-8H,3-6H2,1-2H3,(H3,13,15,16,17). The maximum atomic E-state index is 11.5. The van der Waals surface area contributed by atoms with Crippen LogP contribution >= 0.6 is 0 Å². The highest BCUT2D eigenvalue weighted by molar-refractivity contribution is 7.88. The number of nitrogens with two attached hydrogens (primary N) is 1. The van der Waals surface area contributed by atoms with Crippen LogP contribution in [0.25, 0.3) is 11.0 Å². The van der Waals surface area contributed by atoms with Gasteiger partial charge in [-0.25, -0.2) is 12.7 Å². The van der Waals surface area contributed by atoms with Crippen molar-refractivity contribution in [2.75, 3.05) is 30.4 Å². The van der Waals surface area contributed by atoms with Crippen LogP contribution in [0.5, 0.6) is 0 Å². The molecule has 1 aliphatic rings. The second-order valence-corrected chi connectivity index (χ2v) is 7.50. The van der Waals surface area contributed by atoms with Gasteiger partial charge < -0.3 is 11.1 Å². The van der Waals surface area contributed by atoms with Crippen LogP contribution in [0.2, 0.25) is 0 Å². The van der Waals surface area contributed by atoms with Gasteiger partial charge in [-0.3, -0.25) is 4.68 Å². The Kier molecular flexibility index (Phi) is 3.65. The van der Waals surface area contributed by atoms with E-state index in [4.69, 9.17) is 5.73 Å². The summed E-state index contributed by atoms with van der Waals surface area (Å²) in [6, 6.07) is 0.128. The molecule has 0 radical (unpaired) electrons. The molecule has 0 amide bonds. The Hall–Kier alpha value is -1.94. The minimum Gasteiger partial charge on any atom is -0.383 e. The minimum atomic E-state index is -3.11. The number of aryl methyl sites for hydroxylation is 1. The van der Waals surface area contributed by atoms with Gasteiger partial charge in [-0.1, -0.05) is 0 Å². The Morgan fingerprint density at radius 1 is 1.32 bits per heavy atom. The molecule has 9 nitrogen and oxygen atoms in total. The molecule has 2 aromatic rings. The zero-order chi connectivity index (χ0) is 15.9. The topological polar surface area (TPSA) is 119 Å². The first-order valence-electron chi connectivity index (χ1n) is 7.01. The molecule has 0 aromatic carbocycles. The Balaban J connectivity index is 1.73. The maximum Gasteiger partial charge on any atom is 0.226 e. The fourth-order valence-corrected chi connectivity index (χ4v) is 3.50. The predicted octanol–water partition coefficient (Wildman–Crippen LogP) is -0.219.